The van der Waals surface area contributed by atoms with E-state index in [0.717, 1.165) is 5.92 Å². The van der Waals surface area contributed by atoms with Crippen molar-refractivity contribution in [3.8, 4) is 0 Å². The lowest BCUT2D eigenvalue weighted by Crippen LogP contribution is -2.30. The van der Waals surface area contributed by atoms with Gasteiger partial charge in [-0.2, -0.15) is 0 Å². The standard InChI is InChI=1S/C12H18N2/c1-9(11-5-6-11)14-10(2)12-4-3-7-13-8-12/h3-4,7-11,14H,5-6H2,1-2H3/t9-,10-/m0/s1. The third kappa shape index (κ3) is 2.32. The van der Waals surface area contributed by atoms with Crippen molar-refractivity contribution < 1.29 is 0 Å². The van der Waals surface area contributed by atoms with Gasteiger partial charge in [-0.3, -0.25) is 4.98 Å². The molecule has 1 N–H and O–H groups in total. The quantitative estimate of drug-likeness (QED) is 0.789. The van der Waals surface area contributed by atoms with Crippen LogP contribution in [0.5, 0.6) is 0 Å². The highest BCUT2D eigenvalue weighted by atomic mass is 15.0. The zero-order valence-electron chi connectivity index (χ0n) is 8.90. The molecular formula is C12H18N2. The van der Waals surface area contributed by atoms with Crippen LogP contribution in [0.4, 0.5) is 0 Å². The topological polar surface area (TPSA) is 24.9 Å². The summed E-state index contributed by atoms with van der Waals surface area (Å²) < 4.78 is 0. The van der Waals surface area contributed by atoms with E-state index in [4.69, 9.17) is 0 Å². The molecule has 1 fully saturated rings. The lowest BCUT2D eigenvalue weighted by atomic mass is 10.1. The third-order valence-electron chi connectivity index (χ3n) is 3.03. The Morgan fingerprint density at radius 2 is 2.21 bits per heavy atom. The maximum atomic E-state index is 4.13. The molecule has 1 aliphatic rings. The van der Waals surface area contributed by atoms with Crippen LogP contribution in [0.25, 0.3) is 0 Å². The van der Waals surface area contributed by atoms with E-state index in [1.54, 1.807) is 0 Å². The average Bonchev–Trinajstić information content (AvgIpc) is 3.02. The Labute approximate surface area is 85.7 Å². The third-order valence-corrected chi connectivity index (χ3v) is 3.03. The van der Waals surface area contributed by atoms with E-state index >= 15 is 0 Å². The fourth-order valence-electron chi connectivity index (χ4n) is 1.85. The highest BCUT2D eigenvalue weighted by molar-refractivity contribution is 5.13. The van der Waals surface area contributed by atoms with Gasteiger partial charge in [-0.15, -0.1) is 0 Å². The minimum atomic E-state index is 0.416. The molecular weight excluding hydrogens is 172 g/mol. The second-order valence-corrected chi connectivity index (χ2v) is 4.30. The van der Waals surface area contributed by atoms with Gasteiger partial charge >= 0.3 is 0 Å². The summed E-state index contributed by atoms with van der Waals surface area (Å²) in [5.74, 6) is 0.911. The molecule has 76 valence electrons. The lowest BCUT2D eigenvalue weighted by molar-refractivity contribution is 0.441. The predicted octanol–water partition coefficient (Wildman–Crippen LogP) is 2.53. The van der Waals surface area contributed by atoms with E-state index in [1.807, 2.05) is 18.5 Å². The highest BCUT2D eigenvalue weighted by Crippen LogP contribution is 2.33. The summed E-state index contributed by atoms with van der Waals surface area (Å²) in [7, 11) is 0. The van der Waals surface area contributed by atoms with Crippen LogP contribution in [-0.4, -0.2) is 11.0 Å². The van der Waals surface area contributed by atoms with Gasteiger partial charge in [0.1, 0.15) is 0 Å². The first-order valence-electron chi connectivity index (χ1n) is 5.43. The lowest BCUT2D eigenvalue weighted by Gasteiger charge is -2.19. The number of hydrogen-bond acceptors (Lipinski definition) is 2. The van der Waals surface area contributed by atoms with Gasteiger partial charge in [0.25, 0.3) is 0 Å². The summed E-state index contributed by atoms with van der Waals surface area (Å²) in [5.41, 5.74) is 1.28. The first-order chi connectivity index (χ1) is 6.77. The number of aromatic nitrogens is 1. The molecule has 2 nitrogen and oxygen atoms in total. The van der Waals surface area contributed by atoms with Crippen molar-refractivity contribution in [2.24, 2.45) is 5.92 Å². The van der Waals surface area contributed by atoms with Crippen molar-refractivity contribution in [2.75, 3.05) is 0 Å². The zero-order chi connectivity index (χ0) is 9.97. The number of nitrogens with zero attached hydrogens (tertiary/aromatic N) is 1. The van der Waals surface area contributed by atoms with Crippen LogP contribution in [0.15, 0.2) is 24.5 Å². The molecule has 2 atom stereocenters. The predicted molar refractivity (Wildman–Crippen MR) is 58.0 cm³/mol. The van der Waals surface area contributed by atoms with Gasteiger partial charge in [0, 0.05) is 24.5 Å². The van der Waals surface area contributed by atoms with Crippen molar-refractivity contribution in [1.29, 1.82) is 0 Å². The molecule has 0 aromatic carbocycles. The molecule has 1 aromatic rings. The number of hydrogen-bond donors (Lipinski definition) is 1. The summed E-state index contributed by atoms with van der Waals surface area (Å²) >= 11 is 0. The van der Waals surface area contributed by atoms with Gasteiger partial charge in [0.15, 0.2) is 0 Å². The summed E-state index contributed by atoms with van der Waals surface area (Å²) in [4.78, 5) is 4.13. The Hall–Kier alpha value is -0.890. The highest BCUT2D eigenvalue weighted by Gasteiger charge is 2.28. The van der Waals surface area contributed by atoms with E-state index in [-0.39, 0.29) is 0 Å². The molecule has 0 spiro atoms. The molecule has 0 amide bonds. The van der Waals surface area contributed by atoms with E-state index in [0.29, 0.717) is 12.1 Å². The average molecular weight is 190 g/mol. The zero-order valence-corrected chi connectivity index (χ0v) is 8.90. The van der Waals surface area contributed by atoms with Crippen LogP contribution in [-0.2, 0) is 0 Å². The van der Waals surface area contributed by atoms with Crippen LogP contribution in [0.3, 0.4) is 0 Å². The van der Waals surface area contributed by atoms with Gasteiger partial charge < -0.3 is 5.32 Å². The smallest absolute Gasteiger partial charge is 0.0315 e. The summed E-state index contributed by atoms with van der Waals surface area (Å²) in [6.45, 7) is 4.49. The molecule has 0 radical (unpaired) electrons. The van der Waals surface area contributed by atoms with Crippen molar-refractivity contribution in [3.05, 3.63) is 30.1 Å². The van der Waals surface area contributed by atoms with Crippen molar-refractivity contribution in [3.63, 3.8) is 0 Å². The number of rotatable bonds is 4. The molecule has 0 aliphatic heterocycles. The second-order valence-electron chi connectivity index (χ2n) is 4.30. The van der Waals surface area contributed by atoms with Crippen LogP contribution in [0.2, 0.25) is 0 Å². The van der Waals surface area contributed by atoms with Crippen molar-refractivity contribution in [1.82, 2.24) is 10.3 Å². The normalized spacial score (nSPS) is 20.4. The Balaban J connectivity index is 1.91. The van der Waals surface area contributed by atoms with Gasteiger partial charge in [-0.1, -0.05) is 6.07 Å². The molecule has 0 saturated heterocycles. The Morgan fingerprint density at radius 3 is 2.79 bits per heavy atom. The SMILES string of the molecule is C[C@H](N[C@@H](C)C1CC1)c1cccnc1. The van der Waals surface area contributed by atoms with Gasteiger partial charge in [-0.05, 0) is 44.2 Å². The van der Waals surface area contributed by atoms with Crippen LogP contribution in [0, 0.1) is 5.92 Å². The molecule has 1 aliphatic carbocycles. The molecule has 0 unspecified atom stereocenters. The largest absolute Gasteiger partial charge is 0.307 e. The Kier molecular flexibility index (Phi) is 2.82. The molecule has 1 aromatic heterocycles. The molecule has 2 rings (SSSR count). The Bertz CT molecular complexity index is 280. The van der Waals surface area contributed by atoms with E-state index < -0.39 is 0 Å². The van der Waals surface area contributed by atoms with Crippen molar-refractivity contribution in [2.45, 2.75) is 38.8 Å². The molecule has 0 bridgehead atoms. The fourth-order valence-corrected chi connectivity index (χ4v) is 1.85. The van der Waals surface area contributed by atoms with E-state index in [2.05, 4.69) is 30.2 Å². The second kappa shape index (κ2) is 4.09. The van der Waals surface area contributed by atoms with E-state index in [9.17, 15) is 0 Å². The molecule has 2 heteroatoms. The van der Waals surface area contributed by atoms with Gasteiger partial charge in [0.2, 0.25) is 0 Å². The number of nitrogens with one attached hydrogen (secondary N) is 1. The maximum Gasteiger partial charge on any atom is 0.0315 e. The monoisotopic (exact) mass is 190 g/mol. The van der Waals surface area contributed by atoms with Gasteiger partial charge in [0.05, 0.1) is 0 Å². The minimum absolute atomic E-state index is 0.416. The number of pyridine rings is 1. The van der Waals surface area contributed by atoms with Crippen LogP contribution in [0.1, 0.15) is 38.3 Å². The Morgan fingerprint density at radius 1 is 1.43 bits per heavy atom. The molecule has 1 heterocycles. The molecule has 1 saturated carbocycles. The first kappa shape index (κ1) is 9.66. The molecule has 14 heavy (non-hydrogen) atoms. The van der Waals surface area contributed by atoms with E-state index in [1.165, 1.54) is 18.4 Å². The minimum Gasteiger partial charge on any atom is -0.307 e. The van der Waals surface area contributed by atoms with Gasteiger partial charge in [-0.25, -0.2) is 0 Å². The maximum absolute atomic E-state index is 4.13. The van der Waals surface area contributed by atoms with Crippen LogP contribution < -0.4 is 5.32 Å². The summed E-state index contributed by atoms with van der Waals surface area (Å²) in [6.07, 6.45) is 6.56. The fraction of sp³-hybridized carbons (Fsp3) is 0.583. The van der Waals surface area contributed by atoms with Crippen LogP contribution >= 0.6 is 0 Å². The first-order valence-corrected chi connectivity index (χ1v) is 5.43. The summed E-state index contributed by atoms with van der Waals surface area (Å²) in [6, 6.07) is 5.18. The van der Waals surface area contributed by atoms with Crippen molar-refractivity contribution >= 4 is 0 Å². The summed E-state index contributed by atoms with van der Waals surface area (Å²) in [5, 5.41) is 3.62.